The van der Waals surface area contributed by atoms with Crippen molar-refractivity contribution in [2.24, 2.45) is 10.8 Å². The largest absolute Gasteiger partial charge is 0.507 e. The van der Waals surface area contributed by atoms with Gasteiger partial charge in [-0.05, 0) is 55.7 Å². The van der Waals surface area contributed by atoms with Crippen LogP contribution in [0.15, 0.2) is 53.1 Å². The number of aromatic hydroxyl groups is 1. The Bertz CT molecular complexity index is 1630. The zero-order valence-electron chi connectivity index (χ0n) is 25.1. The minimum atomic E-state index is -2.53. The van der Waals surface area contributed by atoms with Crippen LogP contribution in [0.1, 0.15) is 88.1 Å². The van der Waals surface area contributed by atoms with Crippen LogP contribution in [-0.4, -0.2) is 44.1 Å². The zero-order chi connectivity index (χ0) is 30.9. The van der Waals surface area contributed by atoms with E-state index in [1.807, 2.05) is 57.2 Å². The van der Waals surface area contributed by atoms with Crippen molar-refractivity contribution in [1.82, 2.24) is 0 Å². The molecule has 3 N–H and O–H groups in total. The van der Waals surface area contributed by atoms with Crippen LogP contribution in [-0.2, 0) is 38.4 Å². The van der Waals surface area contributed by atoms with Gasteiger partial charge in [-0.15, -0.1) is 0 Å². The van der Waals surface area contributed by atoms with Crippen LogP contribution < -0.4 is 0 Å². The third-order valence-electron chi connectivity index (χ3n) is 9.62. The molecule has 0 spiro atoms. The molecule has 0 radical (unpaired) electrons. The van der Waals surface area contributed by atoms with Crippen LogP contribution >= 0.6 is 0 Å². The van der Waals surface area contributed by atoms with Crippen LogP contribution in [0, 0.1) is 10.8 Å². The van der Waals surface area contributed by atoms with Crippen molar-refractivity contribution in [3.63, 3.8) is 0 Å². The Morgan fingerprint density at radius 3 is 2.21 bits per heavy atom. The molecule has 2 aromatic carbocycles. The lowest BCUT2D eigenvalue weighted by atomic mass is 9.46. The number of carbonyl (C=O) groups is 4. The van der Waals surface area contributed by atoms with Gasteiger partial charge in [0.05, 0.1) is 11.1 Å². The summed E-state index contributed by atoms with van der Waals surface area (Å²) in [7, 11) is 0. The Morgan fingerprint density at radius 1 is 0.976 bits per heavy atom. The zero-order valence-corrected chi connectivity index (χ0v) is 25.1. The molecule has 42 heavy (non-hydrogen) atoms. The second-order valence-electron chi connectivity index (χ2n) is 13.3. The van der Waals surface area contributed by atoms with Gasteiger partial charge in [0.15, 0.2) is 11.4 Å². The SMILES string of the molecule is CC(=O)C1=C(C)C[C@@]2(C)C[C@@]3(C)Cc4c(C(C)C)cc(CC(=O)Cc5ccccc5)c(O)c4C(O)=C3C(=O)[C@@]2(O)C1=O. The van der Waals surface area contributed by atoms with E-state index >= 15 is 0 Å². The monoisotopic (exact) mass is 570 g/mol. The average molecular weight is 571 g/mol. The van der Waals surface area contributed by atoms with Crippen molar-refractivity contribution in [3.8, 4) is 5.75 Å². The molecule has 0 saturated heterocycles. The molecule has 0 heterocycles. The lowest BCUT2D eigenvalue weighted by molar-refractivity contribution is -0.171. The summed E-state index contributed by atoms with van der Waals surface area (Å²) in [6.45, 7) is 10.4. The normalized spacial score (nSPS) is 27.1. The van der Waals surface area contributed by atoms with Crippen molar-refractivity contribution in [1.29, 1.82) is 0 Å². The molecule has 0 amide bonds. The molecule has 1 saturated carbocycles. The van der Waals surface area contributed by atoms with Gasteiger partial charge in [0.2, 0.25) is 11.6 Å². The number of rotatable bonds is 6. The maximum absolute atomic E-state index is 14.3. The predicted molar refractivity (Wildman–Crippen MR) is 158 cm³/mol. The highest BCUT2D eigenvalue weighted by Gasteiger charge is 2.69. The molecule has 0 bridgehead atoms. The number of hydrogen-bond donors (Lipinski definition) is 3. The number of phenolic OH excluding ortho intramolecular Hbond substituents is 1. The summed E-state index contributed by atoms with van der Waals surface area (Å²) in [5.41, 5.74) is -1.66. The van der Waals surface area contributed by atoms with Gasteiger partial charge in [-0.25, -0.2) is 0 Å². The lowest BCUT2D eigenvalue weighted by Crippen LogP contribution is -2.67. The standard InChI is InChI=1S/C35H38O7/c1-18(2)24-14-22(13-23(37)12-21-10-8-7-9-11-21)29(38)27-25(24)16-33(5)17-34(6)15-19(3)26(20(4)36)31(40)35(34,42)32(41)28(33)30(27)39/h7-11,14,18,38-39,42H,12-13,15-17H2,1-6H3/t33-,34+,35+/m1/s1. The van der Waals surface area contributed by atoms with Crippen molar-refractivity contribution in [3.05, 3.63) is 80.9 Å². The number of aliphatic hydroxyl groups is 2. The highest BCUT2D eigenvalue weighted by Crippen LogP contribution is 2.62. The van der Waals surface area contributed by atoms with E-state index in [0.29, 0.717) is 16.7 Å². The number of aliphatic hydroxyl groups excluding tert-OH is 1. The van der Waals surface area contributed by atoms with Gasteiger partial charge in [0, 0.05) is 34.8 Å². The van der Waals surface area contributed by atoms with E-state index in [0.717, 1.165) is 11.1 Å². The Kier molecular flexibility index (Phi) is 6.97. The van der Waals surface area contributed by atoms with E-state index in [1.165, 1.54) is 6.92 Å². The summed E-state index contributed by atoms with van der Waals surface area (Å²) in [5.74, 6) is -3.31. The second kappa shape index (κ2) is 9.87. The van der Waals surface area contributed by atoms with Gasteiger partial charge in [-0.1, -0.05) is 69.7 Å². The molecule has 3 aliphatic carbocycles. The minimum absolute atomic E-state index is 0.0216. The van der Waals surface area contributed by atoms with Gasteiger partial charge in [0.1, 0.15) is 17.3 Å². The van der Waals surface area contributed by atoms with Crippen molar-refractivity contribution in [2.45, 2.75) is 85.2 Å². The number of Topliss-reactive ketones (excluding diaryl/α,β-unsaturated/α-hetero) is 4. The van der Waals surface area contributed by atoms with Crippen LogP contribution in [0.4, 0.5) is 0 Å². The molecule has 0 aromatic heterocycles. The first-order valence-electron chi connectivity index (χ1n) is 14.5. The lowest BCUT2D eigenvalue weighted by Gasteiger charge is -2.56. The molecule has 1 fully saturated rings. The molecule has 7 nitrogen and oxygen atoms in total. The second-order valence-corrected chi connectivity index (χ2v) is 13.3. The third kappa shape index (κ3) is 4.20. The van der Waals surface area contributed by atoms with Crippen LogP contribution in [0.5, 0.6) is 5.75 Å². The molecule has 7 heteroatoms. The summed E-state index contributed by atoms with van der Waals surface area (Å²) < 4.78 is 0. The number of allylic oxidation sites excluding steroid dienone is 1. The molecule has 0 aliphatic heterocycles. The summed E-state index contributed by atoms with van der Waals surface area (Å²) in [6, 6.07) is 11.1. The van der Waals surface area contributed by atoms with Crippen molar-refractivity contribution < 1.29 is 34.5 Å². The number of phenols is 1. The Hall–Kier alpha value is -3.84. The van der Waals surface area contributed by atoms with E-state index in [4.69, 9.17) is 0 Å². The molecule has 3 aliphatic rings. The van der Waals surface area contributed by atoms with Gasteiger partial charge in [-0.3, -0.25) is 19.2 Å². The fourth-order valence-corrected chi connectivity index (χ4v) is 7.93. The summed E-state index contributed by atoms with van der Waals surface area (Å²) >= 11 is 0. The smallest absolute Gasteiger partial charge is 0.206 e. The van der Waals surface area contributed by atoms with E-state index in [-0.39, 0.29) is 66.3 Å². The van der Waals surface area contributed by atoms with E-state index in [1.54, 1.807) is 13.8 Å². The topological polar surface area (TPSA) is 129 Å². The van der Waals surface area contributed by atoms with E-state index in [2.05, 4.69) is 0 Å². The fourth-order valence-electron chi connectivity index (χ4n) is 7.93. The highest BCUT2D eigenvalue weighted by molar-refractivity contribution is 6.33. The quantitative estimate of drug-likeness (QED) is 0.318. The Morgan fingerprint density at radius 2 is 1.62 bits per heavy atom. The number of carbonyl (C=O) groups excluding carboxylic acids is 4. The van der Waals surface area contributed by atoms with Gasteiger partial charge in [0.25, 0.3) is 0 Å². The maximum atomic E-state index is 14.3. The third-order valence-corrected chi connectivity index (χ3v) is 9.62. The van der Waals surface area contributed by atoms with Crippen LogP contribution in [0.3, 0.4) is 0 Å². The van der Waals surface area contributed by atoms with Crippen LogP contribution in [0.25, 0.3) is 5.76 Å². The van der Waals surface area contributed by atoms with Crippen molar-refractivity contribution >= 4 is 28.9 Å². The number of benzene rings is 2. The Balaban J connectivity index is 1.66. The van der Waals surface area contributed by atoms with Gasteiger partial charge >= 0.3 is 0 Å². The molecule has 220 valence electrons. The summed E-state index contributed by atoms with van der Waals surface area (Å²) in [4.78, 5) is 53.4. The predicted octanol–water partition coefficient (Wildman–Crippen LogP) is 5.29. The molecular formula is C35H38O7. The first-order chi connectivity index (χ1) is 19.6. The summed E-state index contributed by atoms with van der Waals surface area (Å²) in [5, 5.41) is 35.2. The maximum Gasteiger partial charge on any atom is 0.206 e. The molecule has 5 rings (SSSR count). The first kappa shape index (κ1) is 29.6. The molecule has 3 atom stereocenters. The van der Waals surface area contributed by atoms with Crippen LogP contribution in [0.2, 0.25) is 0 Å². The van der Waals surface area contributed by atoms with E-state index < -0.39 is 39.5 Å². The fraction of sp³-hybridized carbons (Fsp3) is 0.429. The van der Waals surface area contributed by atoms with Gasteiger partial charge in [-0.2, -0.15) is 0 Å². The average Bonchev–Trinajstić information content (AvgIpc) is 2.87. The molecular weight excluding hydrogens is 532 g/mol. The minimum Gasteiger partial charge on any atom is -0.507 e. The van der Waals surface area contributed by atoms with Gasteiger partial charge < -0.3 is 15.3 Å². The Labute approximate surface area is 246 Å². The first-order valence-corrected chi connectivity index (χ1v) is 14.5. The summed E-state index contributed by atoms with van der Waals surface area (Å²) in [6.07, 6.45) is 0.766. The number of fused-ring (bicyclic) bond motifs is 3. The number of hydrogen-bond acceptors (Lipinski definition) is 7. The van der Waals surface area contributed by atoms with E-state index in [9.17, 15) is 34.5 Å². The molecule has 0 unspecified atom stereocenters. The molecule has 2 aromatic rings. The number of ketones is 4. The van der Waals surface area contributed by atoms with Crippen molar-refractivity contribution in [2.75, 3.05) is 0 Å². The highest BCUT2D eigenvalue weighted by atomic mass is 16.3.